The van der Waals surface area contributed by atoms with Crippen LogP contribution in [0.4, 0.5) is 4.39 Å². The molecule has 4 heteroatoms. The Kier molecular flexibility index (Phi) is 4.45. The highest BCUT2D eigenvalue weighted by molar-refractivity contribution is 9.10. The minimum atomic E-state index is -0.581. The Morgan fingerprint density at radius 2 is 1.85 bits per heavy atom. The van der Waals surface area contributed by atoms with Gasteiger partial charge in [0, 0.05) is 5.54 Å². The number of nitrogens with two attached hydrogens (primary N) is 1. The molecule has 0 bridgehead atoms. The summed E-state index contributed by atoms with van der Waals surface area (Å²) in [6.45, 7) is 1.94. The maximum Gasteiger partial charge on any atom is 0.137 e. The highest BCUT2D eigenvalue weighted by Gasteiger charge is 2.23. The molecular formula is C16H17BrFNO. The molecule has 0 heterocycles. The summed E-state index contributed by atoms with van der Waals surface area (Å²) in [6, 6.07) is 12.6. The maximum absolute atomic E-state index is 13.6. The maximum atomic E-state index is 13.6. The van der Waals surface area contributed by atoms with E-state index >= 15 is 0 Å². The lowest BCUT2D eigenvalue weighted by Gasteiger charge is -2.26. The van der Waals surface area contributed by atoms with Crippen LogP contribution in [0.5, 0.6) is 5.75 Å². The van der Waals surface area contributed by atoms with Crippen LogP contribution in [0, 0.1) is 5.82 Å². The Hall–Kier alpha value is -1.39. The van der Waals surface area contributed by atoms with Crippen molar-refractivity contribution in [2.24, 2.45) is 5.73 Å². The van der Waals surface area contributed by atoms with E-state index in [-0.39, 0.29) is 5.82 Å². The van der Waals surface area contributed by atoms with E-state index in [4.69, 9.17) is 10.5 Å². The Balaban J connectivity index is 2.27. The van der Waals surface area contributed by atoms with Crippen molar-refractivity contribution in [3.8, 4) is 5.75 Å². The second-order valence-electron chi connectivity index (χ2n) is 5.04. The molecule has 0 aromatic heterocycles. The van der Waals surface area contributed by atoms with E-state index in [0.717, 1.165) is 16.9 Å². The minimum absolute atomic E-state index is 0.270. The van der Waals surface area contributed by atoms with Crippen molar-refractivity contribution in [2.75, 3.05) is 7.11 Å². The predicted octanol–water partition coefficient (Wildman–Crippen LogP) is 4.01. The van der Waals surface area contributed by atoms with Crippen molar-refractivity contribution in [1.82, 2.24) is 0 Å². The first-order valence-electron chi connectivity index (χ1n) is 6.30. The van der Waals surface area contributed by atoms with E-state index in [9.17, 15) is 4.39 Å². The lowest BCUT2D eigenvalue weighted by atomic mass is 9.86. The number of hydrogen-bond acceptors (Lipinski definition) is 2. The zero-order valence-corrected chi connectivity index (χ0v) is 13.1. The van der Waals surface area contributed by atoms with Gasteiger partial charge in [-0.3, -0.25) is 0 Å². The van der Waals surface area contributed by atoms with E-state index in [2.05, 4.69) is 15.9 Å². The van der Waals surface area contributed by atoms with Crippen LogP contribution in [-0.4, -0.2) is 7.11 Å². The van der Waals surface area contributed by atoms with Crippen LogP contribution in [0.2, 0.25) is 0 Å². The summed E-state index contributed by atoms with van der Waals surface area (Å²) in [5, 5.41) is 0. The van der Waals surface area contributed by atoms with Gasteiger partial charge in [-0.05, 0) is 58.6 Å². The second kappa shape index (κ2) is 5.94. The zero-order valence-electron chi connectivity index (χ0n) is 11.5. The number of methoxy groups -OCH3 is 1. The first kappa shape index (κ1) is 15.0. The van der Waals surface area contributed by atoms with Gasteiger partial charge in [0.15, 0.2) is 0 Å². The standard InChI is InChI=1S/C16H17BrFNO/c1-16(19,12-6-8-13(20-2)9-7-12)10-11-4-3-5-14(18)15(11)17/h3-9H,10,19H2,1-2H3. The molecule has 0 saturated carbocycles. The van der Waals surface area contributed by atoms with E-state index in [0.29, 0.717) is 10.9 Å². The molecule has 2 aromatic rings. The van der Waals surface area contributed by atoms with Gasteiger partial charge in [-0.25, -0.2) is 4.39 Å². The van der Waals surface area contributed by atoms with Gasteiger partial charge in [-0.15, -0.1) is 0 Å². The van der Waals surface area contributed by atoms with E-state index in [1.165, 1.54) is 6.07 Å². The quantitative estimate of drug-likeness (QED) is 0.914. The number of halogens is 2. The van der Waals surface area contributed by atoms with Crippen LogP contribution < -0.4 is 10.5 Å². The number of rotatable bonds is 4. The average molecular weight is 338 g/mol. The molecule has 0 aliphatic heterocycles. The lowest BCUT2D eigenvalue weighted by Crippen LogP contribution is -2.35. The number of ether oxygens (including phenoxy) is 1. The first-order valence-corrected chi connectivity index (χ1v) is 7.09. The molecule has 2 nitrogen and oxygen atoms in total. The predicted molar refractivity (Wildman–Crippen MR) is 82.3 cm³/mol. The Morgan fingerprint density at radius 3 is 2.45 bits per heavy atom. The largest absolute Gasteiger partial charge is 0.497 e. The molecule has 0 amide bonds. The molecule has 2 aromatic carbocycles. The van der Waals surface area contributed by atoms with Crippen LogP contribution >= 0.6 is 15.9 Å². The van der Waals surface area contributed by atoms with Crippen LogP contribution in [0.25, 0.3) is 0 Å². The van der Waals surface area contributed by atoms with Crippen molar-refractivity contribution in [3.63, 3.8) is 0 Å². The average Bonchev–Trinajstić information content (AvgIpc) is 2.44. The van der Waals surface area contributed by atoms with Gasteiger partial charge < -0.3 is 10.5 Å². The summed E-state index contributed by atoms with van der Waals surface area (Å²) in [5.74, 6) is 0.518. The van der Waals surface area contributed by atoms with Crippen LogP contribution in [0.15, 0.2) is 46.9 Å². The molecule has 1 unspecified atom stereocenters. The molecular weight excluding hydrogens is 321 g/mol. The molecule has 0 radical (unpaired) electrons. The topological polar surface area (TPSA) is 35.2 Å². The van der Waals surface area contributed by atoms with Crippen molar-refractivity contribution >= 4 is 15.9 Å². The van der Waals surface area contributed by atoms with Crippen molar-refractivity contribution in [2.45, 2.75) is 18.9 Å². The molecule has 0 saturated heterocycles. The van der Waals surface area contributed by atoms with E-state index in [1.54, 1.807) is 13.2 Å². The molecule has 2 rings (SSSR count). The molecule has 0 spiro atoms. The SMILES string of the molecule is COc1ccc(C(C)(N)Cc2cccc(F)c2Br)cc1. The lowest BCUT2D eigenvalue weighted by molar-refractivity contribution is 0.413. The van der Waals surface area contributed by atoms with Gasteiger partial charge >= 0.3 is 0 Å². The van der Waals surface area contributed by atoms with E-state index in [1.807, 2.05) is 37.3 Å². The first-order chi connectivity index (χ1) is 9.44. The second-order valence-corrected chi connectivity index (χ2v) is 5.83. The third-order valence-electron chi connectivity index (χ3n) is 3.34. The highest BCUT2D eigenvalue weighted by atomic mass is 79.9. The van der Waals surface area contributed by atoms with Crippen molar-refractivity contribution < 1.29 is 9.13 Å². The third-order valence-corrected chi connectivity index (χ3v) is 4.23. The fourth-order valence-corrected chi connectivity index (χ4v) is 2.56. The molecule has 20 heavy (non-hydrogen) atoms. The molecule has 0 fully saturated rings. The molecule has 0 aliphatic rings. The van der Waals surface area contributed by atoms with E-state index < -0.39 is 5.54 Å². The molecule has 0 aliphatic carbocycles. The third kappa shape index (κ3) is 3.19. The zero-order chi connectivity index (χ0) is 14.8. The van der Waals surface area contributed by atoms with Gasteiger partial charge in [-0.1, -0.05) is 24.3 Å². The van der Waals surface area contributed by atoms with Crippen LogP contribution in [0.1, 0.15) is 18.1 Å². The summed E-state index contributed by atoms with van der Waals surface area (Å²) in [7, 11) is 1.63. The molecule has 2 N–H and O–H groups in total. The van der Waals surface area contributed by atoms with Gasteiger partial charge in [0.2, 0.25) is 0 Å². The van der Waals surface area contributed by atoms with Crippen molar-refractivity contribution in [3.05, 3.63) is 63.9 Å². The summed E-state index contributed by atoms with van der Waals surface area (Å²) in [5.41, 5.74) is 7.65. The van der Waals surface area contributed by atoms with Gasteiger partial charge in [0.1, 0.15) is 11.6 Å². The van der Waals surface area contributed by atoms with Gasteiger partial charge in [-0.2, -0.15) is 0 Å². The monoisotopic (exact) mass is 337 g/mol. The van der Waals surface area contributed by atoms with Crippen molar-refractivity contribution in [1.29, 1.82) is 0 Å². The summed E-state index contributed by atoms with van der Waals surface area (Å²) < 4.78 is 19.2. The number of hydrogen-bond donors (Lipinski definition) is 1. The summed E-state index contributed by atoms with van der Waals surface area (Å²) in [6.07, 6.45) is 0.539. The Morgan fingerprint density at radius 1 is 1.20 bits per heavy atom. The smallest absolute Gasteiger partial charge is 0.137 e. The Bertz CT molecular complexity index is 596. The fraction of sp³-hybridized carbons (Fsp3) is 0.250. The summed E-state index contributed by atoms with van der Waals surface area (Å²) in [4.78, 5) is 0. The van der Waals surface area contributed by atoms with Crippen LogP contribution in [-0.2, 0) is 12.0 Å². The molecule has 1 atom stereocenters. The van der Waals surface area contributed by atoms with Gasteiger partial charge in [0.25, 0.3) is 0 Å². The molecule has 106 valence electrons. The van der Waals surface area contributed by atoms with Gasteiger partial charge in [0.05, 0.1) is 11.6 Å². The summed E-state index contributed by atoms with van der Waals surface area (Å²) >= 11 is 3.28. The Labute approximate surface area is 126 Å². The normalized spacial score (nSPS) is 13.8. The minimum Gasteiger partial charge on any atom is -0.497 e. The number of benzene rings is 2. The van der Waals surface area contributed by atoms with Crippen LogP contribution in [0.3, 0.4) is 0 Å². The highest BCUT2D eigenvalue weighted by Crippen LogP contribution is 2.29. The fourth-order valence-electron chi connectivity index (χ4n) is 2.15.